The highest BCUT2D eigenvalue weighted by Gasteiger charge is 2.06. The van der Waals surface area contributed by atoms with E-state index in [2.05, 4.69) is 0 Å². The van der Waals surface area contributed by atoms with E-state index in [1.165, 1.54) is 0 Å². The van der Waals surface area contributed by atoms with Crippen LogP contribution >= 0.6 is 0 Å². The molecule has 1 N–H and O–H groups in total. The van der Waals surface area contributed by atoms with Gasteiger partial charge in [0.15, 0.2) is 5.78 Å². The molecule has 0 atom stereocenters. The second-order valence-electron chi connectivity index (χ2n) is 3.64. The van der Waals surface area contributed by atoms with E-state index in [0.717, 1.165) is 5.56 Å². The first-order chi connectivity index (χ1) is 7.75. The van der Waals surface area contributed by atoms with Crippen LogP contribution in [0.1, 0.15) is 15.9 Å². The molecule has 0 aliphatic heterocycles. The maximum absolute atomic E-state index is 11.8. The van der Waals surface area contributed by atoms with Gasteiger partial charge in [-0.3, -0.25) is 4.79 Å². The topological polar surface area (TPSA) is 37.3 Å². The van der Waals surface area contributed by atoms with Crippen LogP contribution in [0.25, 0.3) is 0 Å². The van der Waals surface area contributed by atoms with E-state index in [4.69, 9.17) is 0 Å². The minimum absolute atomic E-state index is 0.0613. The molecular formula is C14H12O2. The molecule has 2 rings (SSSR count). The molecule has 0 aromatic heterocycles. The minimum atomic E-state index is 0.0613. The fourth-order valence-electron chi connectivity index (χ4n) is 1.58. The lowest BCUT2D eigenvalue weighted by molar-refractivity contribution is 0.0993. The van der Waals surface area contributed by atoms with Crippen LogP contribution in [-0.2, 0) is 6.42 Å². The molecule has 0 amide bonds. The highest BCUT2D eigenvalue weighted by molar-refractivity contribution is 5.97. The van der Waals surface area contributed by atoms with Gasteiger partial charge in [0.2, 0.25) is 0 Å². The van der Waals surface area contributed by atoms with Crippen molar-refractivity contribution in [2.45, 2.75) is 6.42 Å². The molecule has 0 spiro atoms. The highest BCUT2D eigenvalue weighted by atomic mass is 16.3. The molecule has 2 heteroatoms. The molecular weight excluding hydrogens is 200 g/mol. The Kier molecular flexibility index (Phi) is 3.01. The molecule has 2 aromatic carbocycles. The average molecular weight is 212 g/mol. The summed E-state index contributed by atoms with van der Waals surface area (Å²) >= 11 is 0. The van der Waals surface area contributed by atoms with Gasteiger partial charge in [-0.05, 0) is 17.7 Å². The first-order valence-corrected chi connectivity index (χ1v) is 5.12. The van der Waals surface area contributed by atoms with Crippen molar-refractivity contribution in [1.29, 1.82) is 0 Å². The van der Waals surface area contributed by atoms with Crippen molar-refractivity contribution in [2.24, 2.45) is 0 Å². The number of ketones is 1. The van der Waals surface area contributed by atoms with E-state index in [0.29, 0.717) is 12.0 Å². The summed E-state index contributed by atoms with van der Waals surface area (Å²) in [7, 11) is 0. The van der Waals surface area contributed by atoms with Crippen molar-refractivity contribution >= 4 is 5.78 Å². The minimum Gasteiger partial charge on any atom is -0.508 e. The molecule has 0 radical (unpaired) electrons. The van der Waals surface area contributed by atoms with E-state index in [-0.39, 0.29) is 11.5 Å². The molecule has 0 unspecified atom stereocenters. The van der Waals surface area contributed by atoms with Crippen molar-refractivity contribution in [3.8, 4) is 5.75 Å². The van der Waals surface area contributed by atoms with Crippen LogP contribution in [0, 0.1) is 0 Å². The average Bonchev–Trinajstić information content (AvgIpc) is 2.30. The third kappa shape index (κ3) is 2.48. The Morgan fingerprint density at radius 2 is 1.75 bits per heavy atom. The monoisotopic (exact) mass is 212 g/mol. The summed E-state index contributed by atoms with van der Waals surface area (Å²) in [6.45, 7) is 0. The Bertz CT molecular complexity index is 489. The maximum atomic E-state index is 11.8. The van der Waals surface area contributed by atoms with Crippen molar-refractivity contribution in [1.82, 2.24) is 0 Å². The molecule has 80 valence electrons. The SMILES string of the molecule is O=C(Cc1cccc(O)c1)c1ccccc1. The molecule has 2 nitrogen and oxygen atoms in total. The summed E-state index contributed by atoms with van der Waals surface area (Å²) in [5.74, 6) is 0.254. The van der Waals surface area contributed by atoms with Gasteiger partial charge in [-0.2, -0.15) is 0 Å². The van der Waals surface area contributed by atoms with Crippen molar-refractivity contribution in [2.75, 3.05) is 0 Å². The third-order valence-electron chi connectivity index (χ3n) is 2.37. The van der Waals surface area contributed by atoms with E-state index >= 15 is 0 Å². The molecule has 16 heavy (non-hydrogen) atoms. The number of phenolic OH excluding ortho intramolecular Hbond substituents is 1. The van der Waals surface area contributed by atoms with Crippen molar-refractivity contribution in [3.63, 3.8) is 0 Å². The van der Waals surface area contributed by atoms with Crippen LogP contribution in [0.4, 0.5) is 0 Å². The van der Waals surface area contributed by atoms with Crippen LogP contribution in [0.2, 0.25) is 0 Å². The van der Waals surface area contributed by atoms with E-state index < -0.39 is 0 Å². The van der Waals surface area contributed by atoms with E-state index in [1.54, 1.807) is 30.3 Å². The Morgan fingerprint density at radius 1 is 1.00 bits per heavy atom. The quantitative estimate of drug-likeness (QED) is 0.794. The highest BCUT2D eigenvalue weighted by Crippen LogP contribution is 2.13. The molecule has 0 saturated heterocycles. The molecule has 0 aliphatic carbocycles. The van der Waals surface area contributed by atoms with Crippen LogP contribution < -0.4 is 0 Å². The Balaban J connectivity index is 2.14. The first-order valence-electron chi connectivity index (χ1n) is 5.12. The number of hydrogen-bond acceptors (Lipinski definition) is 2. The van der Waals surface area contributed by atoms with E-state index in [1.807, 2.05) is 24.3 Å². The van der Waals surface area contributed by atoms with Gasteiger partial charge in [-0.25, -0.2) is 0 Å². The largest absolute Gasteiger partial charge is 0.508 e. The zero-order valence-corrected chi connectivity index (χ0v) is 8.76. The number of benzene rings is 2. The van der Waals surface area contributed by atoms with E-state index in [9.17, 15) is 9.90 Å². The lowest BCUT2D eigenvalue weighted by Gasteiger charge is -2.01. The molecule has 2 aromatic rings. The number of hydrogen-bond donors (Lipinski definition) is 1. The summed E-state index contributed by atoms with van der Waals surface area (Å²) < 4.78 is 0. The van der Waals surface area contributed by atoms with Gasteiger partial charge in [0.05, 0.1) is 0 Å². The summed E-state index contributed by atoms with van der Waals surface area (Å²) in [5.41, 5.74) is 1.53. The molecule has 0 aliphatic rings. The van der Waals surface area contributed by atoms with Gasteiger partial charge in [0.1, 0.15) is 5.75 Å². The van der Waals surface area contributed by atoms with Gasteiger partial charge >= 0.3 is 0 Å². The number of carbonyl (C=O) groups excluding carboxylic acids is 1. The number of Topliss-reactive ketones (excluding diaryl/α,β-unsaturated/α-hetero) is 1. The lowest BCUT2D eigenvalue weighted by atomic mass is 10.0. The molecule has 0 saturated carbocycles. The number of aromatic hydroxyl groups is 1. The predicted octanol–water partition coefficient (Wildman–Crippen LogP) is 2.82. The second-order valence-corrected chi connectivity index (χ2v) is 3.64. The maximum Gasteiger partial charge on any atom is 0.167 e. The molecule has 0 fully saturated rings. The fraction of sp³-hybridized carbons (Fsp3) is 0.0714. The molecule has 0 bridgehead atoms. The number of rotatable bonds is 3. The zero-order valence-electron chi connectivity index (χ0n) is 8.76. The Labute approximate surface area is 94.2 Å². The van der Waals surface area contributed by atoms with Gasteiger partial charge in [-0.1, -0.05) is 42.5 Å². The third-order valence-corrected chi connectivity index (χ3v) is 2.37. The smallest absolute Gasteiger partial charge is 0.167 e. The summed E-state index contributed by atoms with van der Waals surface area (Å²) in [4.78, 5) is 11.8. The summed E-state index contributed by atoms with van der Waals surface area (Å²) in [6, 6.07) is 15.9. The Hall–Kier alpha value is -2.09. The van der Waals surface area contributed by atoms with Gasteiger partial charge in [-0.15, -0.1) is 0 Å². The second kappa shape index (κ2) is 4.62. The number of phenols is 1. The Morgan fingerprint density at radius 3 is 2.44 bits per heavy atom. The summed E-state index contributed by atoms with van der Waals surface area (Å²) in [6.07, 6.45) is 0.318. The normalized spacial score (nSPS) is 10.0. The summed E-state index contributed by atoms with van der Waals surface area (Å²) in [5, 5.41) is 9.29. The standard InChI is InChI=1S/C14H12O2/c15-13-8-4-5-11(9-13)10-14(16)12-6-2-1-3-7-12/h1-9,15H,10H2. The molecule has 0 heterocycles. The zero-order chi connectivity index (χ0) is 11.4. The number of carbonyl (C=O) groups is 1. The van der Waals surface area contributed by atoms with Crippen LogP contribution in [-0.4, -0.2) is 10.9 Å². The predicted molar refractivity (Wildman–Crippen MR) is 62.6 cm³/mol. The van der Waals surface area contributed by atoms with Crippen molar-refractivity contribution in [3.05, 3.63) is 65.7 Å². The van der Waals surface area contributed by atoms with Crippen LogP contribution in [0.3, 0.4) is 0 Å². The fourth-order valence-corrected chi connectivity index (χ4v) is 1.58. The van der Waals surface area contributed by atoms with Gasteiger partial charge in [0, 0.05) is 12.0 Å². The lowest BCUT2D eigenvalue weighted by Crippen LogP contribution is -2.02. The van der Waals surface area contributed by atoms with Crippen molar-refractivity contribution < 1.29 is 9.90 Å². The van der Waals surface area contributed by atoms with Gasteiger partial charge < -0.3 is 5.11 Å². The van der Waals surface area contributed by atoms with Crippen LogP contribution in [0.15, 0.2) is 54.6 Å². The van der Waals surface area contributed by atoms with Gasteiger partial charge in [0.25, 0.3) is 0 Å². The first kappa shape index (κ1) is 10.4. The van der Waals surface area contributed by atoms with Crippen LogP contribution in [0.5, 0.6) is 5.75 Å².